The van der Waals surface area contributed by atoms with E-state index in [4.69, 9.17) is 11.0 Å². The van der Waals surface area contributed by atoms with Gasteiger partial charge in [0.05, 0.1) is 12.4 Å². The molecule has 2 aromatic rings. The van der Waals surface area contributed by atoms with Gasteiger partial charge in [-0.25, -0.2) is 15.0 Å². The Balaban J connectivity index is 2.02. The van der Waals surface area contributed by atoms with Crippen LogP contribution >= 0.6 is 0 Å². The maximum absolute atomic E-state index is 8.92. The van der Waals surface area contributed by atoms with Crippen LogP contribution in [0.1, 0.15) is 25.3 Å². The van der Waals surface area contributed by atoms with Gasteiger partial charge in [0.25, 0.3) is 0 Å². The molecule has 1 aliphatic rings. The number of rotatable bonds is 1. The van der Waals surface area contributed by atoms with Crippen molar-refractivity contribution >= 4 is 17.0 Å². The van der Waals surface area contributed by atoms with Crippen LogP contribution in [0.25, 0.3) is 11.2 Å². The molecule has 86 valence electrons. The van der Waals surface area contributed by atoms with Crippen molar-refractivity contribution in [3.63, 3.8) is 0 Å². The molecule has 0 amide bonds. The van der Waals surface area contributed by atoms with E-state index in [1.165, 1.54) is 6.33 Å². The van der Waals surface area contributed by atoms with E-state index in [0.29, 0.717) is 17.4 Å². The van der Waals surface area contributed by atoms with Crippen molar-refractivity contribution in [1.82, 2.24) is 19.5 Å². The molecule has 0 aliphatic heterocycles. The molecule has 0 saturated heterocycles. The summed E-state index contributed by atoms with van der Waals surface area (Å²) in [5.41, 5.74) is 7.15. The van der Waals surface area contributed by atoms with Crippen molar-refractivity contribution < 1.29 is 0 Å². The molecule has 2 aromatic heterocycles. The van der Waals surface area contributed by atoms with Crippen molar-refractivity contribution in [2.45, 2.75) is 25.3 Å². The first kappa shape index (κ1) is 10.0. The Kier molecular flexibility index (Phi) is 2.18. The summed E-state index contributed by atoms with van der Waals surface area (Å²) < 4.78 is 2.02. The quantitative estimate of drug-likeness (QED) is 0.793. The number of hydrogen-bond acceptors (Lipinski definition) is 5. The molecule has 2 atom stereocenters. The molecule has 0 bridgehead atoms. The average molecular weight is 228 g/mol. The molecule has 1 saturated carbocycles. The second-order valence-electron chi connectivity index (χ2n) is 4.38. The SMILES string of the molecule is N#CC1CCC(n2cnc3c(N)ncnc32)C1. The van der Waals surface area contributed by atoms with Crippen LogP contribution in [0.3, 0.4) is 0 Å². The highest BCUT2D eigenvalue weighted by Gasteiger charge is 2.27. The molecule has 2 heterocycles. The first-order chi connectivity index (χ1) is 8.29. The molecule has 3 rings (SSSR count). The molecule has 6 nitrogen and oxygen atoms in total. The van der Waals surface area contributed by atoms with Crippen LogP contribution in [0.5, 0.6) is 0 Å². The minimum absolute atomic E-state index is 0.150. The Morgan fingerprint density at radius 3 is 3.00 bits per heavy atom. The Morgan fingerprint density at radius 2 is 2.24 bits per heavy atom. The fourth-order valence-electron chi connectivity index (χ4n) is 2.46. The van der Waals surface area contributed by atoms with E-state index in [-0.39, 0.29) is 5.92 Å². The van der Waals surface area contributed by atoms with Gasteiger partial charge >= 0.3 is 0 Å². The summed E-state index contributed by atoms with van der Waals surface area (Å²) in [7, 11) is 0. The smallest absolute Gasteiger partial charge is 0.165 e. The molecular formula is C11H12N6. The number of hydrogen-bond donors (Lipinski definition) is 1. The van der Waals surface area contributed by atoms with Crippen molar-refractivity contribution in [2.75, 3.05) is 5.73 Å². The number of aromatic nitrogens is 4. The lowest BCUT2D eigenvalue weighted by molar-refractivity contribution is 0.517. The van der Waals surface area contributed by atoms with E-state index in [1.807, 2.05) is 4.57 Å². The van der Waals surface area contributed by atoms with Crippen LogP contribution < -0.4 is 5.73 Å². The summed E-state index contributed by atoms with van der Waals surface area (Å²) in [4.78, 5) is 12.4. The third kappa shape index (κ3) is 1.51. The molecule has 0 spiro atoms. The Hall–Kier alpha value is -2.16. The van der Waals surface area contributed by atoms with Crippen molar-refractivity contribution in [3.05, 3.63) is 12.7 Å². The van der Waals surface area contributed by atoms with Gasteiger partial charge in [0.1, 0.15) is 11.8 Å². The minimum Gasteiger partial charge on any atom is -0.382 e. The van der Waals surface area contributed by atoms with Crippen molar-refractivity contribution in [3.8, 4) is 6.07 Å². The summed E-state index contributed by atoms with van der Waals surface area (Å²) >= 11 is 0. The second kappa shape index (κ2) is 3.70. The lowest BCUT2D eigenvalue weighted by atomic mass is 10.1. The molecule has 0 radical (unpaired) electrons. The van der Waals surface area contributed by atoms with Crippen LogP contribution in [-0.2, 0) is 0 Å². The first-order valence-electron chi connectivity index (χ1n) is 5.62. The van der Waals surface area contributed by atoms with E-state index in [9.17, 15) is 0 Å². The number of fused-ring (bicyclic) bond motifs is 1. The predicted octanol–water partition coefficient (Wildman–Crippen LogP) is 1.27. The number of nitrogens with zero attached hydrogens (tertiary/aromatic N) is 5. The van der Waals surface area contributed by atoms with Crippen LogP contribution in [0.15, 0.2) is 12.7 Å². The number of imidazole rings is 1. The molecule has 6 heteroatoms. The van der Waals surface area contributed by atoms with Gasteiger partial charge in [0, 0.05) is 12.0 Å². The Labute approximate surface area is 98.1 Å². The number of nitriles is 1. The van der Waals surface area contributed by atoms with Crippen molar-refractivity contribution in [1.29, 1.82) is 5.26 Å². The van der Waals surface area contributed by atoms with Crippen LogP contribution in [0.4, 0.5) is 5.82 Å². The van der Waals surface area contributed by atoms with E-state index in [0.717, 1.165) is 24.9 Å². The van der Waals surface area contributed by atoms with E-state index >= 15 is 0 Å². The Morgan fingerprint density at radius 1 is 1.35 bits per heavy atom. The van der Waals surface area contributed by atoms with E-state index in [1.54, 1.807) is 6.33 Å². The molecule has 2 N–H and O–H groups in total. The van der Waals surface area contributed by atoms with Crippen LogP contribution in [-0.4, -0.2) is 19.5 Å². The number of nitrogen functional groups attached to an aromatic ring is 1. The highest BCUT2D eigenvalue weighted by molar-refractivity contribution is 5.81. The Bertz CT molecular complexity index is 596. The van der Waals surface area contributed by atoms with Crippen LogP contribution in [0.2, 0.25) is 0 Å². The average Bonchev–Trinajstić information content (AvgIpc) is 2.94. The summed E-state index contributed by atoms with van der Waals surface area (Å²) in [6.07, 6.45) is 6.01. The maximum atomic E-state index is 8.92. The van der Waals surface area contributed by atoms with Gasteiger partial charge in [0.2, 0.25) is 0 Å². The van der Waals surface area contributed by atoms with Gasteiger partial charge in [-0.1, -0.05) is 0 Å². The van der Waals surface area contributed by atoms with Gasteiger partial charge in [-0.05, 0) is 19.3 Å². The predicted molar refractivity (Wildman–Crippen MR) is 61.7 cm³/mol. The lowest BCUT2D eigenvalue weighted by Crippen LogP contribution is -2.05. The molecular weight excluding hydrogens is 216 g/mol. The fraction of sp³-hybridized carbons (Fsp3) is 0.455. The molecule has 1 aliphatic carbocycles. The third-order valence-corrected chi connectivity index (χ3v) is 3.37. The van der Waals surface area contributed by atoms with Gasteiger partial charge in [-0.3, -0.25) is 0 Å². The zero-order valence-corrected chi connectivity index (χ0v) is 9.24. The summed E-state index contributed by atoms with van der Waals surface area (Å²) in [6, 6.07) is 2.63. The molecule has 2 unspecified atom stereocenters. The largest absolute Gasteiger partial charge is 0.382 e. The van der Waals surface area contributed by atoms with Gasteiger partial charge < -0.3 is 10.3 Å². The second-order valence-corrected chi connectivity index (χ2v) is 4.38. The van der Waals surface area contributed by atoms with Gasteiger partial charge in [-0.15, -0.1) is 0 Å². The summed E-state index contributed by atoms with van der Waals surface area (Å²) in [6.45, 7) is 0. The standard InChI is InChI=1S/C11H12N6/c12-4-7-1-2-8(3-7)17-6-16-9-10(13)14-5-15-11(9)17/h5-8H,1-3H2,(H2,13,14,15). The monoisotopic (exact) mass is 228 g/mol. The normalized spacial score (nSPS) is 23.9. The van der Waals surface area contributed by atoms with Gasteiger partial charge in [-0.2, -0.15) is 5.26 Å². The van der Waals surface area contributed by atoms with Crippen LogP contribution in [0, 0.1) is 17.2 Å². The molecule has 0 aromatic carbocycles. The summed E-state index contributed by atoms with van der Waals surface area (Å²) in [5, 5.41) is 8.92. The first-order valence-corrected chi connectivity index (χ1v) is 5.62. The summed E-state index contributed by atoms with van der Waals surface area (Å²) in [5.74, 6) is 0.556. The lowest BCUT2D eigenvalue weighted by Gasteiger charge is -2.11. The molecule has 17 heavy (non-hydrogen) atoms. The highest BCUT2D eigenvalue weighted by Crippen LogP contribution is 2.35. The topological polar surface area (TPSA) is 93.4 Å². The van der Waals surface area contributed by atoms with Gasteiger partial charge in [0.15, 0.2) is 11.5 Å². The van der Waals surface area contributed by atoms with E-state index in [2.05, 4.69) is 21.0 Å². The van der Waals surface area contributed by atoms with E-state index < -0.39 is 0 Å². The zero-order valence-electron chi connectivity index (χ0n) is 9.24. The fourth-order valence-corrected chi connectivity index (χ4v) is 2.46. The molecule has 1 fully saturated rings. The maximum Gasteiger partial charge on any atom is 0.165 e. The minimum atomic E-state index is 0.150. The number of nitrogens with two attached hydrogens (primary N) is 1. The number of anilines is 1. The highest BCUT2D eigenvalue weighted by atomic mass is 15.1. The van der Waals surface area contributed by atoms with Crippen molar-refractivity contribution in [2.24, 2.45) is 5.92 Å². The zero-order chi connectivity index (χ0) is 11.8. The third-order valence-electron chi connectivity index (χ3n) is 3.37.